The van der Waals surface area contributed by atoms with E-state index in [0.717, 1.165) is 5.56 Å². The van der Waals surface area contributed by atoms with Crippen molar-refractivity contribution < 1.29 is 0 Å². The molecule has 0 atom stereocenters. The molecule has 15 heavy (non-hydrogen) atoms. The summed E-state index contributed by atoms with van der Waals surface area (Å²) in [6, 6.07) is 14.2. The highest BCUT2D eigenvalue weighted by molar-refractivity contribution is 5.21. The van der Waals surface area contributed by atoms with Crippen LogP contribution in [0.25, 0.3) is 0 Å². The summed E-state index contributed by atoms with van der Waals surface area (Å²) in [7, 11) is 0. The Morgan fingerprint density at radius 3 is 2.60 bits per heavy atom. The number of benzene rings is 1. The number of hydrogen-bond acceptors (Lipinski definition) is 1. The van der Waals surface area contributed by atoms with Gasteiger partial charge in [0.25, 0.3) is 5.56 Å². The minimum absolute atomic E-state index is 0.00863. The van der Waals surface area contributed by atoms with Gasteiger partial charge in [-0.15, -0.1) is 0 Å². The van der Waals surface area contributed by atoms with Gasteiger partial charge in [0, 0.05) is 12.3 Å². The summed E-state index contributed by atoms with van der Waals surface area (Å²) in [5.41, 5.74) is 2.36. The average Bonchev–Trinajstić information content (AvgIpc) is 2.25. The van der Waals surface area contributed by atoms with Crippen molar-refractivity contribution in [3.8, 4) is 0 Å². The third kappa shape index (κ3) is 2.34. The van der Waals surface area contributed by atoms with E-state index in [2.05, 4.69) is 6.07 Å². The molecule has 75 valence electrons. The summed E-state index contributed by atoms with van der Waals surface area (Å²) >= 11 is 0. The van der Waals surface area contributed by atoms with E-state index < -0.39 is 0 Å². The Labute approximate surface area is 88.8 Å². The molecule has 0 unspecified atom stereocenters. The van der Waals surface area contributed by atoms with Gasteiger partial charge in [-0.05, 0) is 24.6 Å². The molecule has 1 heterocycles. The fourth-order valence-corrected chi connectivity index (χ4v) is 1.43. The summed E-state index contributed by atoms with van der Waals surface area (Å²) in [6.45, 7) is 2.66. The summed E-state index contributed by atoms with van der Waals surface area (Å²) in [6.07, 6.45) is 1.68. The van der Waals surface area contributed by atoms with Gasteiger partial charge in [-0.25, -0.2) is 0 Å². The molecule has 1 aromatic carbocycles. The van der Waals surface area contributed by atoms with Crippen LogP contribution in [0.3, 0.4) is 0 Å². The quantitative estimate of drug-likeness (QED) is 0.723. The molecule has 0 aliphatic rings. The van der Waals surface area contributed by atoms with Gasteiger partial charge in [0.15, 0.2) is 0 Å². The van der Waals surface area contributed by atoms with Gasteiger partial charge in [-0.1, -0.05) is 29.8 Å². The van der Waals surface area contributed by atoms with Crippen LogP contribution in [0, 0.1) is 13.0 Å². The van der Waals surface area contributed by atoms with Crippen LogP contribution >= 0.6 is 0 Å². The van der Waals surface area contributed by atoms with Crippen LogP contribution in [0.5, 0.6) is 0 Å². The van der Waals surface area contributed by atoms with Crippen LogP contribution in [0.1, 0.15) is 11.1 Å². The molecule has 1 aromatic heterocycles. The molecule has 0 bridgehead atoms. The van der Waals surface area contributed by atoms with Gasteiger partial charge >= 0.3 is 0 Å². The second kappa shape index (κ2) is 4.13. The monoisotopic (exact) mass is 198 g/mol. The summed E-state index contributed by atoms with van der Waals surface area (Å²) < 4.78 is 1.64. The lowest BCUT2D eigenvalue weighted by Crippen LogP contribution is -2.18. The maximum absolute atomic E-state index is 11.4. The third-order valence-corrected chi connectivity index (χ3v) is 2.31. The molecule has 0 amide bonds. The zero-order valence-electron chi connectivity index (χ0n) is 8.60. The van der Waals surface area contributed by atoms with Crippen molar-refractivity contribution in [1.29, 1.82) is 0 Å². The van der Waals surface area contributed by atoms with Crippen LogP contribution in [0.4, 0.5) is 0 Å². The van der Waals surface area contributed by atoms with Gasteiger partial charge in [-0.3, -0.25) is 4.79 Å². The van der Waals surface area contributed by atoms with Crippen molar-refractivity contribution >= 4 is 0 Å². The average molecular weight is 198 g/mol. The van der Waals surface area contributed by atoms with Gasteiger partial charge in [-0.2, -0.15) is 0 Å². The van der Waals surface area contributed by atoms with Crippen molar-refractivity contribution in [3.05, 3.63) is 70.1 Å². The van der Waals surface area contributed by atoms with Crippen molar-refractivity contribution in [1.82, 2.24) is 4.57 Å². The first-order valence-corrected chi connectivity index (χ1v) is 4.88. The minimum atomic E-state index is 0.00863. The van der Waals surface area contributed by atoms with E-state index in [1.54, 1.807) is 16.8 Å². The summed E-state index contributed by atoms with van der Waals surface area (Å²) in [4.78, 5) is 11.4. The first-order valence-electron chi connectivity index (χ1n) is 4.88. The molecule has 2 aromatic rings. The Morgan fingerprint density at radius 1 is 1.20 bits per heavy atom. The Balaban J connectivity index is 2.26. The molecule has 2 rings (SSSR count). The van der Waals surface area contributed by atoms with E-state index in [-0.39, 0.29) is 5.56 Å². The van der Waals surface area contributed by atoms with Crippen molar-refractivity contribution in [2.75, 3.05) is 0 Å². The van der Waals surface area contributed by atoms with Gasteiger partial charge in [0.1, 0.15) is 0 Å². The SMILES string of the molecule is Cc1ccc(Cn2c[c]ccc2=O)cc1. The van der Waals surface area contributed by atoms with Crippen LogP contribution < -0.4 is 5.56 Å². The van der Waals surface area contributed by atoms with Crippen molar-refractivity contribution in [3.63, 3.8) is 0 Å². The number of pyridine rings is 1. The zero-order valence-corrected chi connectivity index (χ0v) is 8.60. The van der Waals surface area contributed by atoms with Crippen LogP contribution in [-0.2, 0) is 6.54 Å². The summed E-state index contributed by atoms with van der Waals surface area (Å²) in [5, 5.41) is 0. The number of nitrogens with zero attached hydrogens (tertiary/aromatic N) is 1. The fraction of sp³-hybridized carbons (Fsp3) is 0.154. The lowest BCUT2D eigenvalue weighted by molar-refractivity contribution is 0.758. The molecule has 2 nitrogen and oxygen atoms in total. The lowest BCUT2D eigenvalue weighted by Gasteiger charge is -2.04. The Hall–Kier alpha value is -1.83. The Morgan fingerprint density at radius 2 is 1.93 bits per heavy atom. The molecule has 0 aliphatic carbocycles. The molecule has 0 N–H and O–H groups in total. The van der Waals surface area contributed by atoms with Crippen molar-refractivity contribution in [2.45, 2.75) is 13.5 Å². The van der Waals surface area contributed by atoms with Crippen LogP contribution in [0.15, 0.2) is 47.4 Å². The Bertz CT molecular complexity index is 496. The highest BCUT2D eigenvalue weighted by atomic mass is 16.1. The third-order valence-electron chi connectivity index (χ3n) is 2.31. The molecular weight excluding hydrogens is 186 g/mol. The van der Waals surface area contributed by atoms with Crippen LogP contribution in [0.2, 0.25) is 0 Å². The number of rotatable bonds is 2. The van der Waals surface area contributed by atoms with Crippen molar-refractivity contribution in [2.24, 2.45) is 0 Å². The van der Waals surface area contributed by atoms with E-state index >= 15 is 0 Å². The predicted octanol–water partition coefficient (Wildman–Crippen LogP) is 2.01. The zero-order chi connectivity index (χ0) is 10.7. The molecule has 0 aliphatic heterocycles. The first-order chi connectivity index (χ1) is 7.25. The van der Waals surface area contributed by atoms with E-state index in [1.165, 1.54) is 11.6 Å². The Kier molecular flexibility index (Phi) is 2.68. The smallest absolute Gasteiger partial charge is 0.250 e. The second-order valence-electron chi connectivity index (χ2n) is 3.58. The normalized spacial score (nSPS) is 10.2. The standard InChI is InChI=1S/C13H12NO/c1-11-5-7-12(8-6-11)10-14-9-3-2-4-13(14)15/h2,4-9H,10H2,1H3. The van der Waals surface area contributed by atoms with Gasteiger partial charge in [0.2, 0.25) is 0 Å². The van der Waals surface area contributed by atoms with Gasteiger partial charge in [0.05, 0.1) is 6.54 Å². The maximum atomic E-state index is 11.4. The largest absolute Gasteiger partial charge is 0.310 e. The molecule has 0 saturated carbocycles. The number of aromatic nitrogens is 1. The molecular formula is C13H12NO. The lowest BCUT2D eigenvalue weighted by atomic mass is 10.1. The summed E-state index contributed by atoms with van der Waals surface area (Å²) in [5.74, 6) is 0. The molecule has 2 heteroatoms. The van der Waals surface area contributed by atoms with E-state index in [4.69, 9.17) is 0 Å². The molecule has 0 spiro atoms. The van der Waals surface area contributed by atoms with E-state index in [0.29, 0.717) is 6.54 Å². The topological polar surface area (TPSA) is 22.0 Å². The first kappa shape index (κ1) is 9.71. The molecule has 0 saturated heterocycles. The van der Waals surface area contributed by atoms with E-state index in [9.17, 15) is 4.79 Å². The van der Waals surface area contributed by atoms with Gasteiger partial charge < -0.3 is 4.57 Å². The minimum Gasteiger partial charge on any atom is -0.310 e. The second-order valence-corrected chi connectivity index (χ2v) is 3.58. The highest BCUT2D eigenvalue weighted by Crippen LogP contribution is 2.03. The maximum Gasteiger partial charge on any atom is 0.250 e. The number of aryl methyl sites for hydroxylation is 1. The predicted molar refractivity (Wildman–Crippen MR) is 59.8 cm³/mol. The highest BCUT2D eigenvalue weighted by Gasteiger charge is 1.96. The number of hydrogen-bond donors (Lipinski definition) is 0. The van der Waals surface area contributed by atoms with Crippen LogP contribution in [-0.4, -0.2) is 4.57 Å². The fourth-order valence-electron chi connectivity index (χ4n) is 1.43. The van der Waals surface area contributed by atoms with E-state index in [1.807, 2.05) is 31.2 Å². The molecule has 1 radical (unpaired) electrons. The molecule has 0 fully saturated rings.